The van der Waals surface area contributed by atoms with Crippen LogP contribution in [0.15, 0.2) is 90.3 Å². The van der Waals surface area contributed by atoms with Gasteiger partial charge in [0.05, 0.1) is 11.9 Å². The average molecular weight is 347 g/mol. The van der Waals surface area contributed by atoms with E-state index in [0.29, 0.717) is 5.02 Å². The van der Waals surface area contributed by atoms with Crippen LogP contribution >= 0.6 is 11.6 Å². The fourth-order valence-electron chi connectivity index (χ4n) is 2.59. The number of rotatable bonds is 4. The fraction of sp³-hybridized carbons (Fsp3) is 0. The van der Waals surface area contributed by atoms with Crippen molar-refractivity contribution < 1.29 is 0 Å². The SMILES string of the molecule is Clc1ccc(C=Nc2cnn(-c3ccccc3)c2-n2cccc2)cc1. The summed E-state index contributed by atoms with van der Waals surface area (Å²) in [5.74, 6) is 0.890. The van der Waals surface area contributed by atoms with Crippen LogP contribution in [0.5, 0.6) is 0 Å². The molecule has 0 unspecified atom stereocenters. The molecule has 0 fully saturated rings. The van der Waals surface area contributed by atoms with Crippen LogP contribution in [0.25, 0.3) is 11.5 Å². The van der Waals surface area contributed by atoms with Crippen molar-refractivity contribution in [2.24, 2.45) is 4.99 Å². The Kier molecular flexibility index (Phi) is 4.19. The molecule has 5 heteroatoms. The topological polar surface area (TPSA) is 35.1 Å². The summed E-state index contributed by atoms with van der Waals surface area (Å²) in [5.41, 5.74) is 2.75. The Balaban J connectivity index is 1.78. The molecule has 25 heavy (non-hydrogen) atoms. The first kappa shape index (κ1) is 15.4. The zero-order valence-corrected chi connectivity index (χ0v) is 14.1. The van der Waals surface area contributed by atoms with Crippen molar-refractivity contribution >= 4 is 23.5 Å². The first-order valence-corrected chi connectivity index (χ1v) is 8.25. The Morgan fingerprint density at radius 1 is 0.880 bits per heavy atom. The number of hydrogen-bond acceptors (Lipinski definition) is 2. The van der Waals surface area contributed by atoms with Crippen LogP contribution in [-0.4, -0.2) is 20.6 Å². The van der Waals surface area contributed by atoms with Gasteiger partial charge in [-0.25, -0.2) is 4.68 Å². The summed E-state index contributed by atoms with van der Waals surface area (Å²) < 4.78 is 3.89. The molecule has 0 atom stereocenters. The third-order valence-corrected chi connectivity index (χ3v) is 4.05. The minimum atomic E-state index is 0.710. The molecular formula is C20H15ClN4. The lowest BCUT2D eigenvalue weighted by Crippen LogP contribution is -2.03. The van der Waals surface area contributed by atoms with E-state index in [1.807, 2.05) is 94.6 Å². The molecule has 2 heterocycles. The molecule has 0 saturated carbocycles. The van der Waals surface area contributed by atoms with Crippen molar-refractivity contribution in [2.45, 2.75) is 0 Å². The molecule has 122 valence electrons. The van der Waals surface area contributed by atoms with Gasteiger partial charge in [0.15, 0.2) is 5.82 Å². The van der Waals surface area contributed by atoms with E-state index in [1.165, 1.54) is 0 Å². The largest absolute Gasteiger partial charge is 0.307 e. The summed E-state index contributed by atoms with van der Waals surface area (Å²) in [6, 6.07) is 21.5. The molecule has 0 aliphatic heterocycles. The Hall–Kier alpha value is -3.11. The number of aromatic nitrogens is 3. The van der Waals surface area contributed by atoms with Crippen molar-refractivity contribution in [1.82, 2.24) is 14.3 Å². The zero-order chi connectivity index (χ0) is 17.1. The smallest absolute Gasteiger partial charge is 0.166 e. The number of nitrogens with zero attached hydrogens (tertiary/aromatic N) is 4. The molecule has 4 nitrogen and oxygen atoms in total. The highest BCUT2D eigenvalue weighted by Crippen LogP contribution is 2.26. The van der Waals surface area contributed by atoms with Crippen molar-refractivity contribution in [3.8, 4) is 11.5 Å². The Morgan fingerprint density at radius 2 is 1.60 bits per heavy atom. The second-order valence-electron chi connectivity index (χ2n) is 5.50. The van der Waals surface area contributed by atoms with Crippen LogP contribution < -0.4 is 0 Å². The third kappa shape index (κ3) is 3.25. The molecule has 0 bridgehead atoms. The van der Waals surface area contributed by atoms with E-state index in [9.17, 15) is 0 Å². The van der Waals surface area contributed by atoms with E-state index in [2.05, 4.69) is 10.1 Å². The van der Waals surface area contributed by atoms with Crippen LogP contribution in [-0.2, 0) is 0 Å². The molecule has 2 aromatic carbocycles. The molecule has 2 aromatic heterocycles. The summed E-state index contributed by atoms with van der Waals surface area (Å²) in [7, 11) is 0. The Morgan fingerprint density at radius 3 is 2.32 bits per heavy atom. The van der Waals surface area contributed by atoms with Gasteiger partial charge in [-0.1, -0.05) is 41.9 Å². The van der Waals surface area contributed by atoms with E-state index in [-0.39, 0.29) is 0 Å². The van der Waals surface area contributed by atoms with Gasteiger partial charge in [-0.2, -0.15) is 5.10 Å². The van der Waals surface area contributed by atoms with Gasteiger partial charge >= 0.3 is 0 Å². The molecule has 0 spiro atoms. The molecule has 0 saturated heterocycles. The minimum absolute atomic E-state index is 0.710. The molecule has 4 rings (SSSR count). The second kappa shape index (κ2) is 6.79. The maximum Gasteiger partial charge on any atom is 0.166 e. The van der Waals surface area contributed by atoms with Crippen molar-refractivity contribution in [3.63, 3.8) is 0 Å². The highest BCUT2D eigenvalue weighted by molar-refractivity contribution is 6.30. The molecule has 0 amide bonds. The van der Waals surface area contributed by atoms with E-state index in [1.54, 1.807) is 6.20 Å². The Labute approximate surface area is 150 Å². The van der Waals surface area contributed by atoms with Crippen LogP contribution in [0.3, 0.4) is 0 Å². The number of hydrogen-bond donors (Lipinski definition) is 0. The van der Waals surface area contributed by atoms with Gasteiger partial charge in [0.1, 0.15) is 5.69 Å². The molecule has 0 N–H and O–H groups in total. The van der Waals surface area contributed by atoms with Crippen LogP contribution in [0.2, 0.25) is 5.02 Å². The van der Waals surface area contributed by atoms with Crippen LogP contribution in [0.1, 0.15) is 5.56 Å². The average Bonchev–Trinajstić information content (AvgIpc) is 3.31. The van der Waals surface area contributed by atoms with Gasteiger partial charge in [-0.05, 0) is 42.0 Å². The maximum absolute atomic E-state index is 5.93. The molecule has 0 aliphatic rings. The highest BCUT2D eigenvalue weighted by atomic mass is 35.5. The monoisotopic (exact) mass is 346 g/mol. The van der Waals surface area contributed by atoms with Crippen LogP contribution in [0.4, 0.5) is 5.69 Å². The molecular weight excluding hydrogens is 332 g/mol. The minimum Gasteiger partial charge on any atom is -0.307 e. The van der Waals surface area contributed by atoms with Gasteiger partial charge in [0, 0.05) is 23.6 Å². The number of benzene rings is 2. The quantitative estimate of drug-likeness (QED) is 0.475. The fourth-order valence-corrected chi connectivity index (χ4v) is 2.72. The summed E-state index contributed by atoms with van der Waals surface area (Å²) >= 11 is 5.93. The standard InChI is InChI=1S/C20H15ClN4/c21-17-10-8-16(9-11-17)14-22-19-15-23-25(18-6-2-1-3-7-18)20(19)24-12-4-5-13-24/h1-15H. The summed E-state index contributed by atoms with van der Waals surface area (Å²) in [6.45, 7) is 0. The number of aliphatic imine (C=N–C) groups is 1. The van der Waals surface area contributed by atoms with Crippen molar-refractivity contribution in [1.29, 1.82) is 0 Å². The number of para-hydroxylation sites is 1. The normalized spacial score (nSPS) is 11.2. The first-order chi connectivity index (χ1) is 12.3. The van der Waals surface area contributed by atoms with Crippen molar-refractivity contribution in [3.05, 3.63) is 95.9 Å². The molecule has 0 radical (unpaired) electrons. The van der Waals surface area contributed by atoms with Crippen molar-refractivity contribution in [2.75, 3.05) is 0 Å². The predicted octanol–water partition coefficient (Wildman–Crippen LogP) is 5.07. The van der Waals surface area contributed by atoms with Crippen LogP contribution in [0, 0.1) is 0 Å². The van der Waals surface area contributed by atoms with E-state index in [4.69, 9.17) is 11.6 Å². The van der Waals surface area contributed by atoms with Gasteiger partial charge < -0.3 is 4.57 Å². The van der Waals surface area contributed by atoms with Gasteiger partial charge in [-0.15, -0.1) is 0 Å². The van der Waals surface area contributed by atoms with Gasteiger partial charge in [0.2, 0.25) is 0 Å². The van der Waals surface area contributed by atoms with Gasteiger partial charge in [-0.3, -0.25) is 4.99 Å². The number of halogens is 1. The lowest BCUT2D eigenvalue weighted by Gasteiger charge is -2.09. The summed E-state index contributed by atoms with van der Waals surface area (Å²) in [4.78, 5) is 4.64. The van der Waals surface area contributed by atoms with E-state index < -0.39 is 0 Å². The van der Waals surface area contributed by atoms with Gasteiger partial charge in [0.25, 0.3) is 0 Å². The third-order valence-electron chi connectivity index (χ3n) is 3.80. The predicted molar refractivity (Wildman–Crippen MR) is 102 cm³/mol. The first-order valence-electron chi connectivity index (χ1n) is 7.88. The summed E-state index contributed by atoms with van der Waals surface area (Å²) in [5, 5.41) is 5.24. The van der Waals surface area contributed by atoms with E-state index in [0.717, 1.165) is 22.8 Å². The maximum atomic E-state index is 5.93. The van der Waals surface area contributed by atoms with E-state index >= 15 is 0 Å². The second-order valence-corrected chi connectivity index (χ2v) is 5.94. The molecule has 0 aliphatic carbocycles. The summed E-state index contributed by atoms with van der Waals surface area (Å²) in [6.07, 6.45) is 7.56. The lowest BCUT2D eigenvalue weighted by atomic mass is 10.2. The highest BCUT2D eigenvalue weighted by Gasteiger charge is 2.12. The zero-order valence-electron chi connectivity index (χ0n) is 13.3. The Bertz CT molecular complexity index is 984. The molecule has 4 aromatic rings. The lowest BCUT2D eigenvalue weighted by molar-refractivity contribution is 0.824.